The van der Waals surface area contributed by atoms with Gasteiger partial charge in [-0.2, -0.15) is 0 Å². The van der Waals surface area contributed by atoms with Crippen LogP contribution in [0.5, 0.6) is 11.5 Å². The number of fused-ring (bicyclic) bond motifs is 1. The van der Waals surface area contributed by atoms with Gasteiger partial charge in [0.2, 0.25) is 20.8 Å². The van der Waals surface area contributed by atoms with Crippen LogP contribution >= 0.6 is 0 Å². The molecule has 0 saturated heterocycles. The number of methoxy groups -OCH3 is 1. The van der Waals surface area contributed by atoms with Crippen LogP contribution in [0.2, 0.25) is 0 Å². The van der Waals surface area contributed by atoms with Crippen LogP contribution in [0.1, 0.15) is 5.56 Å². The number of rotatable bonds is 18. The quantitative estimate of drug-likeness (QED) is 0.0404. The zero-order chi connectivity index (χ0) is 45.2. The van der Waals surface area contributed by atoms with E-state index in [2.05, 4.69) is 34.1 Å². The maximum Gasteiger partial charge on any atom is 1.00 e. The first-order chi connectivity index (χ1) is 27.5. The summed E-state index contributed by atoms with van der Waals surface area (Å²) in [5.41, 5.74) is -2.37. The number of ether oxygens (including phenoxy) is 1. The van der Waals surface area contributed by atoms with Crippen molar-refractivity contribution < 1.29 is 205 Å². The van der Waals surface area contributed by atoms with Crippen molar-refractivity contribution in [3.05, 3.63) is 54.1 Å². The maximum atomic E-state index is 12.9. The molecule has 0 aliphatic carbocycles. The number of nitrogens with zero attached hydrogens (tertiary/aromatic N) is 4. The van der Waals surface area contributed by atoms with Crippen molar-refractivity contribution in [1.29, 1.82) is 0 Å². The topological polar surface area (TPSA) is 406 Å². The van der Waals surface area contributed by atoms with E-state index in [1.54, 1.807) is 0 Å². The molecule has 0 unspecified atom stereocenters. The summed E-state index contributed by atoms with van der Waals surface area (Å²) in [6.07, 6.45) is 0. The molecule has 0 atom stereocenters. The Labute approximate surface area is 455 Å². The number of aromatic hydroxyl groups is 1. The summed E-state index contributed by atoms with van der Waals surface area (Å²) >= 11 is 0. The van der Waals surface area contributed by atoms with E-state index >= 15 is 0 Å². The number of hydrogen-bond acceptors (Lipinski definition) is 25. The number of anilines is 1. The minimum atomic E-state index is -5.57. The van der Waals surface area contributed by atoms with E-state index in [1.165, 1.54) is 26.1 Å². The zero-order valence-corrected chi connectivity index (χ0v) is 47.3. The molecule has 4 aromatic carbocycles. The normalized spacial score (nSPS) is 12.5. The third-order valence-corrected chi connectivity index (χ3v) is 13.9. The van der Waals surface area contributed by atoms with E-state index in [9.17, 15) is 73.8 Å². The van der Waals surface area contributed by atoms with Crippen molar-refractivity contribution in [2.75, 3.05) is 44.2 Å². The number of phenolic OH excluding ortho intramolecular Hbond substituents is 1. The van der Waals surface area contributed by atoms with E-state index in [4.69, 9.17) is 4.74 Å². The second-order valence-corrected chi connectivity index (χ2v) is 20.7. The van der Waals surface area contributed by atoms with Crippen LogP contribution in [0, 0.1) is 6.92 Å². The van der Waals surface area contributed by atoms with Gasteiger partial charge in [0.15, 0.2) is 25.4 Å². The van der Waals surface area contributed by atoms with Gasteiger partial charge in [-0.25, -0.2) is 50.5 Å². The van der Waals surface area contributed by atoms with Crippen molar-refractivity contribution in [3.8, 4) is 11.5 Å². The first-order valence-corrected chi connectivity index (χ1v) is 24.5. The van der Waals surface area contributed by atoms with Crippen LogP contribution in [0.4, 0.5) is 28.4 Å². The molecule has 0 spiro atoms. The van der Waals surface area contributed by atoms with Crippen molar-refractivity contribution in [3.63, 3.8) is 0 Å². The Kier molecular flexibility index (Phi) is 24.3. The first kappa shape index (κ1) is 63.2. The number of benzene rings is 4. The molecule has 0 aliphatic rings. The third kappa shape index (κ3) is 16.7. The van der Waals surface area contributed by atoms with Crippen molar-refractivity contribution in [2.45, 2.75) is 26.5 Å². The third-order valence-electron chi connectivity index (χ3n) is 7.79. The fraction of sp³-hybridized carbons (Fsp3) is 0.241. The maximum absolute atomic E-state index is 12.9. The summed E-state index contributed by atoms with van der Waals surface area (Å²) in [6, 6.07) is 7.09. The van der Waals surface area contributed by atoms with Gasteiger partial charge in [0.05, 0.1) is 57.1 Å². The Morgan fingerprint density at radius 2 is 1.11 bits per heavy atom. The van der Waals surface area contributed by atoms with Crippen molar-refractivity contribution in [1.82, 2.24) is 0 Å². The summed E-state index contributed by atoms with van der Waals surface area (Å²) in [5.74, 6) is -3.37. The van der Waals surface area contributed by atoms with Crippen molar-refractivity contribution in [2.24, 2.45) is 20.5 Å². The van der Waals surface area contributed by atoms with Gasteiger partial charge < -0.3 is 33.4 Å². The molecule has 0 radical (unpaired) electrons. The van der Waals surface area contributed by atoms with Gasteiger partial charge in [0.1, 0.15) is 48.7 Å². The molecule has 64 heavy (non-hydrogen) atoms. The Balaban J connectivity index is 0.00000992. The standard InChI is InChI=1S/C29H31N5O20S6.4Na/c1-16-12-22(23(52-3)15-24(16)56(38,39)11-9-54-60(49,50)51)32-34-28-26(58(43,44)45)14-19-18(29(28)35)5-7-21(30-2)27(19)33-31-20-6-4-17(13-25(20)57(40,41)42)55(36,37)10-8-53-59(46,47)48;;;;/h4-7,12-15,30,35H,8-11H2,1-3H3,(H,40,41,42)(H,43,44,45)(H,46,47,48)(H,49,50,51);;;;/q;4*+1/p-4. The molecule has 4 aromatic rings. The van der Waals surface area contributed by atoms with Gasteiger partial charge in [0.25, 0.3) is 0 Å². The molecule has 4 rings (SSSR count). The van der Waals surface area contributed by atoms with Gasteiger partial charge in [-0.3, -0.25) is 8.37 Å². The van der Waals surface area contributed by atoms with Gasteiger partial charge in [-0.15, -0.1) is 20.5 Å². The summed E-state index contributed by atoms with van der Waals surface area (Å²) in [7, 11) is -28.0. The summed E-state index contributed by atoms with van der Waals surface area (Å²) < 4.78 is 202. The molecule has 0 aromatic heterocycles. The van der Waals surface area contributed by atoms with Crippen LogP contribution in [0.15, 0.2) is 88.6 Å². The number of sulfone groups is 2. The van der Waals surface area contributed by atoms with Crippen molar-refractivity contribution >= 4 is 99.9 Å². The molecule has 2 N–H and O–H groups in total. The molecule has 35 heteroatoms. The number of azo groups is 2. The second-order valence-electron chi connectivity index (χ2n) is 11.7. The molecule has 0 bridgehead atoms. The molecule has 0 amide bonds. The Morgan fingerprint density at radius 3 is 1.61 bits per heavy atom. The van der Waals surface area contributed by atoms with E-state index in [0.717, 1.165) is 31.4 Å². The van der Waals surface area contributed by atoms with Gasteiger partial charge in [-0.1, -0.05) is 0 Å². The van der Waals surface area contributed by atoms with Crippen LogP contribution in [-0.4, -0.2) is 113 Å². The largest absolute Gasteiger partial charge is 1.00 e. The molecule has 25 nitrogen and oxygen atoms in total. The van der Waals surface area contributed by atoms with E-state index in [-0.39, 0.29) is 157 Å². The monoisotopic (exact) mass is 1050 g/mol. The summed E-state index contributed by atoms with van der Waals surface area (Å²) in [5, 5.41) is 28.6. The molecule has 0 aliphatic heterocycles. The zero-order valence-electron chi connectivity index (χ0n) is 34.4. The first-order valence-electron chi connectivity index (χ1n) is 15.7. The molecule has 0 fully saturated rings. The number of phenols is 1. The van der Waals surface area contributed by atoms with Crippen LogP contribution in [-0.2, 0) is 69.1 Å². The minimum absolute atomic E-state index is 0. The molecular formula is C29H27N5Na4O20S6. The number of nitrogens with one attached hydrogen (secondary N) is 1. The Hall–Kier alpha value is -0.800. The Bertz CT molecular complexity index is 3140. The Morgan fingerprint density at radius 1 is 0.594 bits per heavy atom. The molecular weight excluding hydrogens is 1020 g/mol. The molecule has 328 valence electrons. The van der Waals surface area contributed by atoms with E-state index in [0.29, 0.717) is 12.1 Å². The number of aryl methyl sites for hydroxylation is 1. The predicted octanol–water partition coefficient (Wildman–Crippen LogP) is -9.94. The van der Waals surface area contributed by atoms with Gasteiger partial charge in [0, 0.05) is 23.9 Å². The second kappa shape index (κ2) is 24.7. The van der Waals surface area contributed by atoms with Gasteiger partial charge >= 0.3 is 118 Å². The fourth-order valence-electron chi connectivity index (χ4n) is 5.13. The average Bonchev–Trinajstić information content (AvgIpc) is 3.11. The fourth-order valence-corrected chi connectivity index (χ4v) is 9.73. The molecule has 0 heterocycles. The smallest absolute Gasteiger partial charge is 0.744 e. The van der Waals surface area contributed by atoms with Crippen LogP contribution in [0.3, 0.4) is 0 Å². The van der Waals surface area contributed by atoms with Crippen LogP contribution in [0.25, 0.3) is 10.8 Å². The van der Waals surface area contributed by atoms with E-state index in [1.807, 2.05) is 0 Å². The SMILES string of the molecule is CNc1ccc2c(O)c(N=Nc3cc(C)c(S(=O)(=O)CCOS(=O)(=O)[O-])cc3OC)c(S(=O)(=O)[O-])cc2c1N=Nc1ccc(S(=O)(=O)CCOS(=O)(=O)[O-])cc1S(=O)(=O)[O-].[Na+].[Na+].[Na+].[Na+]. The van der Waals surface area contributed by atoms with E-state index < -0.39 is 122 Å². The number of hydrogen-bond donors (Lipinski definition) is 2. The summed E-state index contributed by atoms with van der Waals surface area (Å²) in [6.45, 7) is -0.870. The minimum Gasteiger partial charge on any atom is -0.744 e. The predicted molar refractivity (Wildman–Crippen MR) is 199 cm³/mol. The molecule has 0 saturated carbocycles. The average molecular weight is 1050 g/mol. The van der Waals surface area contributed by atoms with Crippen LogP contribution < -0.4 is 128 Å². The summed E-state index contributed by atoms with van der Waals surface area (Å²) in [4.78, 5) is -3.68. The van der Waals surface area contributed by atoms with Gasteiger partial charge in [-0.05, 0) is 55.0 Å².